The number of hydrogen-bond donors (Lipinski definition) is 2. The van der Waals surface area contributed by atoms with Gasteiger partial charge in [-0.05, 0) is 37.3 Å². The third kappa shape index (κ3) is 2.60. The Kier molecular flexibility index (Phi) is 3.26. The summed E-state index contributed by atoms with van der Waals surface area (Å²) in [6, 6.07) is 4.25. The first-order valence-corrected chi connectivity index (χ1v) is 6.03. The highest BCUT2D eigenvalue weighted by molar-refractivity contribution is 5.16. The standard InChI is InChI=1S/C13H20N2O/c1-2-10-3-4-12(15-9-10)8-13(16)6-5-11(14)7-13/h3-4,9,11,16H,2,5-8,14H2,1H3. The molecule has 0 amide bonds. The first-order chi connectivity index (χ1) is 7.61. The molecule has 0 aliphatic heterocycles. The van der Waals surface area contributed by atoms with E-state index in [9.17, 15) is 5.11 Å². The minimum Gasteiger partial charge on any atom is -0.389 e. The van der Waals surface area contributed by atoms with Crippen LogP contribution in [0.3, 0.4) is 0 Å². The second-order valence-electron chi connectivity index (χ2n) is 4.92. The van der Waals surface area contributed by atoms with Gasteiger partial charge in [0.25, 0.3) is 0 Å². The molecule has 2 unspecified atom stereocenters. The fourth-order valence-electron chi connectivity index (χ4n) is 2.41. The summed E-state index contributed by atoms with van der Waals surface area (Å²) in [5.74, 6) is 0. The highest BCUT2D eigenvalue weighted by atomic mass is 16.3. The number of pyridine rings is 1. The van der Waals surface area contributed by atoms with Crippen molar-refractivity contribution < 1.29 is 5.11 Å². The molecule has 3 nitrogen and oxygen atoms in total. The molecule has 1 aromatic heterocycles. The second kappa shape index (κ2) is 4.52. The summed E-state index contributed by atoms with van der Waals surface area (Å²) < 4.78 is 0. The maximum absolute atomic E-state index is 10.3. The minimum atomic E-state index is -0.625. The average molecular weight is 220 g/mol. The van der Waals surface area contributed by atoms with Crippen LogP contribution in [-0.2, 0) is 12.8 Å². The van der Waals surface area contributed by atoms with Crippen LogP contribution in [0.2, 0.25) is 0 Å². The Morgan fingerprint density at radius 1 is 1.56 bits per heavy atom. The van der Waals surface area contributed by atoms with Crippen molar-refractivity contribution in [2.75, 3.05) is 0 Å². The molecule has 1 aromatic rings. The quantitative estimate of drug-likeness (QED) is 0.810. The zero-order valence-electron chi connectivity index (χ0n) is 9.82. The topological polar surface area (TPSA) is 59.1 Å². The van der Waals surface area contributed by atoms with Gasteiger partial charge in [0.05, 0.1) is 5.60 Å². The largest absolute Gasteiger partial charge is 0.389 e. The van der Waals surface area contributed by atoms with Crippen LogP contribution in [0.25, 0.3) is 0 Å². The maximum Gasteiger partial charge on any atom is 0.0718 e. The van der Waals surface area contributed by atoms with Crippen LogP contribution in [-0.4, -0.2) is 21.7 Å². The van der Waals surface area contributed by atoms with E-state index in [1.165, 1.54) is 5.56 Å². The fraction of sp³-hybridized carbons (Fsp3) is 0.615. The van der Waals surface area contributed by atoms with Crippen LogP contribution in [0.15, 0.2) is 18.3 Å². The summed E-state index contributed by atoms with van der Waals surface area (Å²) in [4.78, 5) is 4.38. The maximum atomic E-state index is 10.3. The van der Waals surface area contributed by atoms with Crippen LogP contribution in [0.1, 0.15) is 37.4 Å². The lowest BCUT2D eigenvalue weighted by molar-refractivity contribution is 0.0459. The lowest BCUT2D eigenvalue weighted by atomic mass is 9.95. The molecule has 16 heavy (non-hydrogen) atoms. The van der Waals surface area contributed by atoms with Gasteiger partial charge in [-0.2, -0.15) is 0 Å². The van der Waals surface area contributed by atoms with E-state index < -0.39 is 5.60 Å². The predicted octanol–water partition coefficient (Wildman–Crippen LogP) is 1.43. The monoisotopic (exact) mass is 220 g/mol. The van der Waals surface area contributed by atoms with Gasteiger partial charge in [0.1, 0.15) is 0 Å². The molecule has 0 saturated heterocycles. The molecule has 3 N–H and O–H groups in total. The molecular weight excluding hydrogens is 200 g/mol. The van der Waals surface area contributed by atoms with E-state index in [0.717, 1.165) is 25.0 Å². The summed E-state index contributed by atoms with van der Waals surface area (Å²) in [5, 5.41) is 10.3. The van der Waals surface area contributed by atoms with Crippen molar-refractivity contribution in [3.05, 3.63) is 29.6 Å². The minimum absolute atomic E-state index is 0.153. The molecule has 1 fully saturated rings. The zero-order chi connectivity index (χ0) is 11.6. The number of rotatable bonds is 3. The molecule has 1 aliphatic rings. The van der Waals surface area contributed by atoms with Crippen molar-refractivity contribution in [3.63, 3.8) is 0 Å². The summed E-state index contributed by atoms with van der Waals surface area (Å²) in [7, 11) is 0. The highest BCUT2D eigenvalue weighted by Gasteiger charge is 2.35. The summed E-state index contributed by atoms with van der Waals surface area (Å²) in [5.41, 5.74) is 7.41. The highest BCUT2D eigenvalue weighted by Crippen LogP contribution is 2.31. The normalized spacial score (nSPS) is 29.6. The number of aromatic nitrogens is 1. The van der Waals surface area contributed by atoms with Crippen molar-refractivity contribution in [2.45, 2.75) is 50.7 Å². The summed E-state index contributed by atoms with van der Waals surface area (Å²) >= 11 is 0. The van der Waals surface area contributed by atoms with Crippen LogP contribution in [0, 0.1) is 0 Å². The number of aliphatic hydroxyl groups is 1. The number of aryl methyl sites for hydroxylation is 1. The average Bonchev–Trinajstić information content (AvgIpc) is 2.59. The van der Waals surface area contributed by atoms with Gasteiger partial charge in [0.2, 0.25) is 0 Å². The molecule has 2 rings (SSSR count). The van der Waals surface area contributed by atoms with Gasteiger partial charge >= 0.3 is 0 Å². The van der Waals surface area contributed by atoms with Gasteiger partial charge in [-0.25, -0.2) is 0 Å². The number of nitrogens with zero attached hydrogens (tertiary/aromatic N) is 1. The first-order valence-electron chi connectivity index (χ1n) is 6.03. The van der Waals surface area contributed by atoms with Crippen LogP contribution in [0.5, 0.6) is 0 Å². The molecule has 2 atom stereocenters. The Balaban J connectivity index is 2.03. The van der Waals surface area contributed by atoms with Crippen LogP contribution < -0.4 is 5.73 Å². The molecule has 3 heteroatoms. The third-order valence-electron chi connectivity index (χ3n) is 3.43. The summed E-state index contributed by atoms with van der Waals surface area (Å²) in [6.45, 7) is 2.11. The van der Waals surface area contributed by atoms with Crippen LogP contribution in [0.4, 0.5) is 0 Å². The molecule has 0 aromatic carbocycles. The van der Waals surface area contributed by atoms with Gasteiger partial charge in [-0.3, -0.25) is 4.98 Å². The van der Waals surface area contributed by atoms with E-state index in [1.54, 1.807) is 0 Å². The van der Waals surface area contributed by atoms with Gasteiger partial charge in [-0.15, -0.1) is 0 Å². The van der Waals surface area contributed by atoms with E-state index in [0.29, 0.717) is 12.8 Å². The predicted molar refractivity (Wildman–Crippen MR) is 64.1 cm³/mol. The molecule has 0 radical (unpaired) electrons. The molecule has 0 spiro atoms. The molecule has 1 aliphatic carbocycles. The Hall–Kier alpha value is -0.930. The Morgan fingerprint density at radius 3 is 2.88 bits per heavy atom. The fourth-order valence-corrected chi connectivity index (χ4v) is 2.41. The second-order valence-corrected chi connectivity index (χ2v) is 4.92. The molecule has 88 valence electrons. The van der Waals surface area contributed by atoms with Gasteiger partial charge in [0, 0.05) is 24.4 Å². The van der Waals surface area contributed by atoms with Crippen molar-refractivity contribution in [1.82, 2.24) is 4.98 Å². The smallest absolute Gasteiger partial charge is 0.0718 e. The Morgan fingerprint density at radius 2 is 2.38 bits per heavy atom. The summed E-state index contributed by atoms with van der Waals surface area (Å²) in [6.07, 6.45) is 5.94. The lowest BCUT2D eigenvalue weighted by Gasteiger charge is -2.21. The van der Waals surface area contributed by atoms with E-state index >= 15 is 0 Å². The van der Waals surface area contributed by atoms with E-state index in [-0.39, 0.29) is 6.04 Å². The first kappa shape index (κ1) is 11.6. The van der Waals surface area contributed by atoms with Crippen molar-refractivity contribution >= 4 is 0 Å². The Labute approximate surface area is 96.7 Å². The van der Waals surface area contributed by atoms with Crippen molar-refractivity contribution in [3.8, 4) is 0 Å². The number of nitrogens with two attached hydrogens (primary N) is 1. The number of hydrogen-bond acceptors (Lipinski definition) is 3. The van der Waals surface area contributed by atoms with E-state index in [1.807, 2.05) is 12.3 Å². The van der Waals surface area contributed by atoms with Crippen molar-refractivity contribution in [1.29, 1.82) is 0 Å². The van der Waals surface area contributed by atoms with E-state index in [4.69, 9.17) is 5.73 Å². The SMILES string of the molecule is CCc1ccc(CC2(O)CCC(N)C2)nc1. The lowest BCUT2D eigenvalue weighted by Crippen LogP contribution is -2.30. The van der Waals surface area contributed by atoms with E-state index in [2.05, 4.69) is 18.0 Å². The third-order valence-corrected chi connectivity index (χ3v) is 3.43. The van der Waals surface area contributed by atoms with Crippen molar-refractivity contribution in [2.24, 2.45) is 5.73 Å². The van der Waals surface area contributed by atoms with Gasteiger partial charge < -0.3 is 10.8 Å². The molecular formula is C13H20N2O. The Bertz CT molecular complexity index is 349. The zero-order valence-corrected chi connectivity index (χ0v) is 9.82. The van der Waals surface area contributed by atoms with Crippen LogP contribution >= 0.6 is 0 Å². The van der Waals surface area contributed by atoms with Gasteiger partial charge in [0.15, 0.2) is 0 Å². The van der Waals surface area contributed by atoms with Gasteiger partial charge in [-0.1, -0.05) is 13.0 Å². The molecule has 0 bridgehead atoms. The molecule has 1 saturated carbocycles. The molecule has 1 heterocycles.